The molecule has 0 fully saturated rings. The Morgan fingerprint density at radius 2 is 2.07 bits per heavy atom. The Balaban J connectivity index is 2.81. The molecular weight excluding hydrogens is 176 g/mol. The topological polar surface area (TPSA) is 34.9 Å². The van der Waals surface area contributed by atoms with Crippen molar-refractivity contribution in [2.24, 2.45) is 0 Å². The Hall–Kier alpha value is -1.12. The molecule has 0 amide bonds. The van der Waals surface area contributed by atoms with Crippen LogP contribution in [0.2, 0.25) is 0 Å². The van der Waals surface area contributed by atoms with Crippen LogP contribution in [0.4, 0.5) is 0 Å². The first-order valence-electron chi connectivity index (χ1n) is 5.30. The number of hydrogen-bond donors (Lipinski definition) is 0. The second-order valence-electron chi connectivity index (χ2n) is 3.46. The van der Waals surface area contributed by atoms with Gasteiger partial charge in [0, 0.05) is 12.6 Å². The summed E-state index contributed by atoms with van der Waals surface area (Å²) in [4.78, 5) is 11.4. The second-order valence-corrected chi connectivity index (χ2v) is 3.46. The average molecular weight is 194 g/mol. The van der Waals surface area contributed by atoms with Crippen molar-refractivity contribution in [3.63, 3.8) is 0 Å². The lowest BCUT2D eigenvalue weighted by atomic mass is 10.1. The van der Waals surface area contributed by atoms with E-state index in [1.165, 1.54) is 0 Å². The van der Waals surface area contributed by atoms with Gasteiger partial charge in [-0.25, -0.2) is 0 Å². The molecule has 0 aromatic carbocycles. The number of nitrogens with zero attached hydrogens (tertiary/aromatic N) is 2. The van der Waals surface area contributed by atoms with Crippen molar-refractivity contribution >= 4 is 5.78 Å². The Kier molecular flexibility index (Phi) is 3.86. The van der Waals surface area contributed by atoms with Crippen LogP contribution in [0.25, 0.3) is 0 Å². The van der Waals surface area contributed by atoms with E-state index in [2.05, 4.69) is 18.9 Å². The molecule has 1 heterocycles. The van der Waals surface area contributed by atoms with Crippen LogP contribution in [0.5, 0.6) is 0 Å². The minimum Gasteiger partial charge on any atom is -0.294 e. The number of hydrogen-bond acceptors (Lipinski definition) is 2. The van der Waals surface area contributed by atoms with Crippen LogP contribution in [0.15, 0.2) is 12.4 Å². The van der Waals surface area contributed by atoms with Crippen molar-refractivity contribution in [1.82, 2.24) is 9.78 Å². The maximum Gasteiger partial charge on any atom is 0.165 e. The highest BCUT2D eigenvalue weighted by atomic mass is 16.1. The van der Waals surface area contributed by atoms with E-state index in [-0.39, 0.29) is 5.78 Å². The van der Waals surface area contributed by atoms with Crippen LogP contribution in [-0.2, 0) is 0 Å². The zero-order valence-electron chi connectivity index (χ0n) is 9.16. The molecule has 0 atom stereocenters. The van der Waals surface area contributed by atoms with E-state index in [1.54, 1.807) is 6.20 Å². The molecule has 0 aliphatic rings. The van der Waals surface area contributed by atoms with Crippen molar-refractivity contribution < 1.29 is 4.79 Å². The Labute approximate surface area is 85.1 Å². The predicted molar refractivity (Wildman–Crippen MR) is 56.5 cm³/mol. The van der Waals surface area contributed by atoms with E-state index >= 15 is 0 Å². The van der Waals surface area contributed by atoms with Crippen molar-refractivity contribution in [2.45, 2.75) is 46.1 Å². The molecule has 3 nitrogen and oxygen atoms in total. The first-order valence-corrected chi connectivity index (χ1v) is 5.30. The van der Waals surface area contributed by atoms with Gasteiger partial charge in [0.2, 0.25) is 0 Å². The standard InChI is InChI=1S/C11H18N2O/c1-4-10(5-2)13-8-9(7-12-13)11(14)6-3/h7-8,10H,4-6H2,1-3H3. The lowest BCUT2D eigenvalue weighted by molar-refractivity contribution is 0.0988. The first kappa shape index (κ1) is 11.0. The number of Topliss-reactive ketones (excluding diaryl/α,β-unsaturated/α-hetero) is 1. The molecule has 78 valence electrons. The van der Waals surface area contributed by atoms with Crippen molar-refractivity contribution in [1.29, 1.82) is 0 Å². The van der Waals surface area contributed by atoms with E-state index < -0.39 is 0 Å². The van der Waals surface area contributed by atoms with E-state index in [4.69, 9.17) is 0 Å². The molecule has 0 aliphatic heterocycles. The summed E-state index contributed by atoms with van der Waals surface area (Å²) in [7, 11) is 0. The molecule has 0 spiro atoms. The van der Waals surface area contributed by atoms with Crippen LogP contribution < -0.4 is 0 Å². The molecule has 0 bridgehead atoms. The lowest BCUT2D eigenvalue weighted by Gasteiger charge is -2.11. The molecule has 0 N–H and O–H groups in total. The molecular formula is C11H18N2O. The van der Waals surface area contributed by atoms with Gasteiger partial charge in [-0.2, -0.15) is 5.10 Å². The van der Waals surface area contributed by atoms with Crippen LogP contribution in [0, 0.1) is 0 Å². The van der Waals surface area contributed by atoms with Crippen LogP contribution >= 0.6 is 0 Å². The smallest absolute Gasteiger partial charge is 0.165 e. The van der Waals surface area contributed by atoms with Gasteiger partial charge in [-0.1, -0.05) is 20.8 Å². The average Bonchev–Trinajstić information content (AvgIpc) is 2.68. The number of rotatable bonds is 5. The van der Waals surface area contributed by atoms with Crippen LogP contribution in [0.1, 0.15) is 56.4 Å². The van der Waals surface area contributed by atoms with Crippen LogP contribution in [0.3, 0.4) is 0 Å². The van der Waals surface area contributed by atoms with Gasteiger partial charge >= 0.3 is 0 Å². The molecule has 0 radical (unpaired) electrons. The molecule has 1 aromatic heterocycles. The number of ketones is 1. The molecule has 0 saturated carbocycles. The van der Waals surface area contributed by atoms with Gasteiger partial charge in [-0.15, -0.1) is 0 Å². The maximum absolute atomic E-state index is 11.4. The van der Waals surface area contributed by atoms with Gasteiger partial charge in [-0.3, -0.25) is 9.48 Å². The summed E-state index contributed by atoms with van der Waals surface area (Å²) in [5.74, 6) is 0.169. The van der Waals surface area contributed by atoms with E-state index in [0.717, 1.165) is 18.4 Å². The zero-order chi connectivity index (χ0) is 10.6. The summed E-state index contributed by atoms with van der Waals surface area (Å²) in [5.41, 5.74) is 0.736. The molecule has 0 aliphatic carbocycles. The zero-order valence-corrected chi connectivity index (χ0v) is 9.16. The quantitative estimate of drug-likeness (QED) is 0.675. The van der Waals surface area contributed by atoms with E-state index in [0.29, 0.717) is 12.5 Å². The third-order valence-corrected chi connectivity index (χ3v) is 2.56. The highest BCUT2D eigenvalue weighted by Crippen LogP contribution is 2.15. The van der Waals surface area contributed by atoms with Crippen molar-refractivity contribution in [3.8, 4) is 0 Å². The van der Waals surface area contributed by atoms with E-state index in [1.807, 2.05) is 17.8 Å². The van der Waals surface area contributed by atoms with Gasteiger partial charge < -0.3 is 0 Å². The normalized spacial score (nSPS) is 10.9. The molecule has 3 heteroatoms. The SMILES string of the molecule is CCC(=O)c1cnn(C(CC)CC)c1. The number of aromatic nitrogens is 2. The van der Waals surface area contributed by atoms with Gasteiger partial charge in [-0.05, 0) is 12.8 Å². The van der Waals surface area contributed by atoms with E-state index in [9.17, 15) is 4.79 Å². The molecule has 1 rings (SSSR count). The number of carbonyl (C=O) groups is 1. The molecule has 1 aromatic rings. The Morgan fingerprint density at radius 1 is 1.43 bits per heavy atom. The maximum atomic E-state index is 11.4. The monoisotopic (exact) mass is 194 g/mol. The summed E-state index contributed by atoms with van der Waals surface area (Å²) >= 11 is 0. The predicted octanol–water partition coefficient (Wildman–Crippen LogP) is 2.84. The van der Waals surface area contributed by atoms with Gasteiger partial charge in [0.1, 0.15) is 0 Å². The molecule has 0 unspecified atom stereocenters. The summed E-state index contributed by atoms with van der Waals surface area (Å²) < 4.78 is 1.91. The lowest BCUT2D eigenvalue weighted by Crippen LogP contribution is -2.07. The Morgan fingerprint density at radius 3 is 2.57 bits per heavy atom. The van der Waals surface area contributed by atoms with Crippen molar-refractivity contribution in [3.05, 3.63) is 18.0 Å². The fourth-order valence-corrected chi connectivity index (χ4v) is 1.55. The number of carbonyl (C=O) groups excluding carboxylic acids is 1. The molecule has 0 saturated heterocycles. The third kappa shape index (κ3) is 2.22. The minimum atomic E-state index is 0.169. The second kappa shape index (κ2) is 4.94. The minimum absolute atomic E-state index is 0.169. The van der Waals surface area contributed by atoms with Crippen molar-refractivity contribution in [2.75, 3.05) is 0 Å². The third-order valence-electron chi connectivity index (χ3n) is 2.56. The fourth-order valence-electron chi connectivity index (χ4n) is 1.55. The summed E-state index contributed by atoms with van der Waals surface area (Å²) in [6.07, 6.45) is 6.19. The summed E-state index contributed by atoms with van der Waals surface area (Å²) in [6.45, 7) is 6.14. The summed E-state index contributed by atoms with van der Waals surface area (Å²) in [6, 6.07) is 0.424. The first-order chi connectivity index (χ1) is 6.72. The Bertz CT molecular complexity index is 300. The van der Waals surface area contributed by atoms with Gasteiger partial charge in [0.25, 0.3) is 0 Å². The van der Waals surface area contributed by atoms with Crippen LogP contribution in [-0.4, -0.2) is 15.6 Å². The molecule has 14 heavy (non-hydrogen) atoms. The highest BCUT2D eigenvalue weighted by molar-refractivity contribution is 5.95. The largest absolute Gasteiger partial charge is 0.294 e. The fraction of sp³-hybridized carbons (Fsp3) is 0.636. The highest BCUT2D eigenvalue weighted by Gasteiger charge is 2.10. The van der Waals surface area contributed by atoms with Gasteiger partial charge in [0.15, 0.2) is 5.78 Å². The summed E-state index contributed by atoms with van der Waals surface area (Å²) in [5, 5.41) is 4.22. The van der Waals surface area contributed by atoms with Gasteiger partial charge in [0.05, 0.1) is 17.8 Å².